The van der Waals surface area contributed by atoms with Crippen molar-refractivity contribution in [2.24, 2.45) is 5.14 Å². The molecule has 0 fully saturated rings. The van der Waals surface area contributed by atoms with E-state index in [9.17, 15) is 17.6 Å². The molecule has 7 heteroatoms. The van der Waals surface area contributed by atoms with Gasteiger partial charge in [-0.2, -0.15) is 0 Å². The predicted molar refractivity (Wildman–Crippen MR) is 91.7 cm³/mol. The highest BCUT2D eigenvalue weighted by molar-refractivity contribution is 7.89. The molecule has 25 heavy (non-hydrogen) atoms. The number of rotatable bonds is 4. The maximum Gasteiger partial charge on any atom is 0.238 e. The van der Waals surface area contributed by atoms with Crippen LogP contribution < -0.4 is 5.14 Å². The fraction of sp³-hybridized carbons (Fsp3) is 0.278. The number of benzene rings is 2. The number of hydrogen-bond donors (Lipinski definition) is 1. The Morgan fingerprint density at radius 2 is 1.84 bits per heavy atom. The molecule has 2 N–H and O–H groups in total. The summed E-state index contributed by atoms with van der Waals surface area (Å²) in [7, 11) is -3.76. The van der Waals surface area contributed by atoms with Crippen LogP contribution in [0.2, 0.25) is 0 Å². The summed E-state index contributed by atoms with van der Waals surface area (Å²) in [4.78, 5) is 14.2. The van der Waals surface area contributed by atoms with Crippen LogP contribution in [0, 0.1) is 5.82 Å². The molecule has 3 rings (SSSR count). The highest BCUT2D eigenvalue weighted by Crippen LogP contribution is 2.23. The molecule has 0 atom stereocenters. The number of aryl methyl sites for hydroxylation is 1. The standard InChI is InChI=1S/C18H19FN2O3S/c19-16-5-1-13(2-6-16)3-8-18(22)21-10-9-14-4-7-17(25(20,23)24)11-15(14)12-21/h1-2,4-7,11H,3,8-10,12H2,(H2,20,23,24). The van der Waals surface area contributed by atoms with Gasteiger partial charge in [0, 0.05) is 19.5 Å². The van der Waals surface area contributed by atoms with E-state index in [-0.39, 0.29) is 16.6 Å². The van der Waals surface area contributed by atoms with Gasteiger partial charge in [-0.3, -0.25) is 4.79 Å². The van der Waals surface area contributed by atoms with Crippen molar-refractivity contribution >= 4 is 15.9 Å². The number of carbonyl (C=O) groups excluding carboxylic acids is 1. The largest absolute Gasteiger partial charge is 0.338 e. The monoisotopic (exact) mass is 362 g/mol. The average Bonchev–Trinajstić information content (AvgIpc) is 2.59. The van der Waals surface area contributed by atoms with Crippen LogP contribution in [-0.2, 0) is 34.2 Å². The lowest BCUT2D eigenvalue weighted by molar-refractivity contribution is -0.132. The Labute approximate surface area is 146 Å². The second kappa shape index (κ2) is 6.93. The molecule has 0 radical (unpaired) electrons. The van der Waals surface area contributed by atoms with Gasteiger partial charge in [0.2, 0.25) is 15.9 Å². The minimum atomic E-state index is -3.76. The second-order valence-electron chi connectivity index (χ2n) is 6.17. The normalized spacial score (nSPS) is 14.2. The molecule has 5 nitrogen and oxygen atoms in total. The van der Waals surface area contributed by atoms with Crippen molar-refractivity contribution < 1.29 is 17.6 Å². The summed E-state index contributed by atoms with van der Waals surface area (Å²) in [6.07, 6.45) is 1.55. The first kappa shape index (κ1) is 17.6. The van der Waals surface area contributed by atoms with Crippen LogP contribution in [0.5, 0.6) is 0 Å². The zero-order valence-corrected chi connectivity index (χ0v) is 14.4. The molecule has 0 bridgehead atoms. The molecule has 2 aromatic carbocycles. The SMILES string of the molecule is NS(=O)(=O)c1ccc2c(c1)CN(C(=O)CCc1ccc(F)cc1)CC2. The molecular formula is C18H19FN2O3S. The Kier molecular flexibility index (Phi) is 4.87. The third-order valence-corrected chi connectivity index (χ3v) is 5.32. The van der Waals surface area contributed by atoms with Crippen LogP contribution in [0.3, 0.4) is 0 Å². The van der Waals surface area contributed by atoms with E-state index < -0.39 is 10.0 Å². The van der Waals surface area contributed by atoms with Gasteiger partial charge >= 0.3 is 0 Å². The highest BCUT2D eigenvalue weighted by atomic mass is 32.2. The Hall–Kier alpha value is -2.25. The summed E-state index contributed by atoms with van der Waals surface area (Å²) in [6, 6.07) is 10.9. The summed E-state index contributed by atoms with van der Waals surface area (Å²) >= 11 is 0. The lowest BCUT2D eigenvalue weighted by atomic mass is 9.99. The molecule has 0 aliphatic carbocycles. The number of carbonyl (C=O) groups is 1. The van der Waals surface area contributed by atoms with E-state index in [1.807, 2.05) is 0 Å². The van der Waals surface area contributed by atoms with Crippen molar-refractivity contribution in [1.29, 1.82) is 0 Å². The number of nitrogens with two attached hydrogens (primary N) is 1. The molecule has 132 valence electrons. The predicted octanol–water partition coefficient (Wildman–Crippen LogP) is 1.99. The number of sulfonamides is 1. The Balaban J connectivity index is 1.67. The van der Waals surface area contributed by atoms with E-state index in [1.165, 1.54) is 18.2 Å². The van der Waals surface area contributed by atoms with Crippen molar-refractivity contribution in [2.45, 2.75) is 30.7 Å². The molecule has 0 saturated heterocycles. The van der Waals surface area contributed by atoms with Crippen molar-refractivity contribution in [2.75, 3.05) is 6.54 Å². The van der Waals surface area contributed by atoms with Gasteiger partial charge in [0.15, 0.2) is 0 Å². The van der Waals surface area contributed by atoms with Gasteiger partial charge in [-0.25, -0.2) is 17.9 Å². The number of fused-ring (bicyclic) bond motifs is 1. The van der Waals surface area contributed by atoms with Gasteiger partial charge in [-0.05, 0) is 53.8 Å². The summed E-state index contributed by atoms with van der Waals surface area (Å²) in [6.45, 7) is 0.977. The van der Waals surface area contributed by atoms with Gasteiger partial charge in [-0.1, -0.05) is 18.2 Å². The molecule has 1 aliphatic heterocycles. The maximum absolute atomic E-state index is 12.9. The molecule has 0 saturated carbocycles. The molecule has 0 spiro atoms. The fourth-order valence-corrected chi connectivity index (χ4v) is 3.55. The Morgan fingerprint density at radius 3 is 2.52 bits per heavy atom. The van der Waals surface area contributed by atoms with Crippen LogP contribution in [0.25, 0.3) is 0 Å². The summed E-state index contributed by atoms with van der Waals surface area (Å²) in [5.41, 5.74) is 2.76. The molecule has 1 aliphatic rings. The van der Waals surface area contributed by atoms with Gasteiger partial charge in [0.25, 0.3) is 0 Å². The molecule has 0 unspecified atom stereocenters. The third-order valence-electron chi connectivity index (χ3n) is 4.41. The van der Waals surface area contributed by atoms with Crippen LogP contribution in [0.15, 0.2) is 47.4 Å². The smallest absolute Gasteiger partial charge is 0.238 e. The van der Waals surface area contributed by atoms with Crippen LogP contribution in [-0.4, -0.2) is 25.8 Å². The van der Waals surface area contributed by atoms with Crippen LogP contribution in [0.1, 0.15) is 23.1 Å². The summed E-state index contributed by atoms with van der Waals surface area (Å²) in [5.74, 6) is -0.302. The van der Waals surface area contributed by atoms with Crippen molar-refractivity contribution in [3.8, 4) is 0 Å². The number of nitrogens with zero attached hydrogens (tertiary/aromatic N) is 1. The second-order valence-corrected chi connectivity index (χ2v) is 7.73. The third kappa shape index (κ3) is 4.24. The number of halogens is 1. The van der Waals surface area contributed by atoms with E-state index in [1.54, 1.807) is 29.2 Å². The lowest BCUT2D eigenvalue weighted by Crippen LogP contribution is -2.36. The van der Waals surface area contributed by atoms with Gasteiger partial charge in [-0.15, -0.1) is 0 Å². The molecule has 0 aromatic heterocycles. The quantitative estimate of drug-likeness (QED) is 0.903. The van der Waals surface area contributed by atoms with Crippen molar-refractivity contribution in [3.63, 3.8) is 0 Å². The number of primary sulfonamides is 1. The van der Waals surface area contributed by atoms with Crippen molar-refractivity contribution in [1.82, 2.24) is 4.90 Å². The topological polar surface area (TPSA) is 80.5 Å². The first-order valence-electron chi connectivity index (χ1n) is 8.00. The van der Waals surface area contributed by atoms with Gasteiger partial charge in [0.1, 0.15) is 5.82 Å². The minimum Gasteiger partial charge on any atom is -0.338 e. The van der Waals surface area contributed by atoms with Crippen LogP contribution in [0.4, 0.5) is 4.39 Å². The Morgan fingerprint density at radius 1 is 1.12 bits per heavy atom. The first-order chi connectivity index (χ1) is 11.8. The number of hydrogen-bond acceptors (Lipinski definition) is 3. The highest BCUT2D eigenvalue weighted by Gasteiger charge is 2.22. The van der Waals surface area contributed by atoms with Crippen molar-refractivity contribution in [3.05, 3.63) is 65.0 Å². The zero-order chi connectivity index (χ0) is 18.0. The van der Waals surface area contributed by atoms with E-state index in [0.29, 0.717) is 32.4 Å². The molecular weight excluding hydrogens is 343 g/mol. The molecule has 1 heterocycles. The van der Waals surface area contributed by atoms with E-state index in [0.717, 1.165) is 16.7 Å². The summed E-state index contributed by atoms with van der Waals surface area (Å²) in [5, 5.41) is 5.17. The minimum absolute atomic E-state index is 0.00372. The van der Waals surface area contributed by atoms with Crippen LogP contribution >= 0.6 is 0 Å². The maximum atomic E-state index is 12.9. The first-order valence-corrected chi connectivity index (χ1v) is 9.54. The zero-order valence-electron chi connectivity index (χ0n) is 13.6. The van der Waals surface area contributed by atoms with Gasteiger partial charge < -0.3 is 4.90 Å². The Bertz CT molecular complexity index is 895. The van der Waals surface area contributed by atoms with E-state index >= 15 is 0 Å². The molecule has 1 amide bonds. The van der Waals surface area contributed by atoms with E-state index in [2.05, 4.69) is 0 Å². The van der Waals surface area contributed by atoms with E-state index in [4.69, 9.17) is 5.14 Å². The molecule has 2 aromatic rings. The lowest BCUT2D eigenvalue weighted by Gasteiger charge is -2.29. The van der Waals surface area contributed by atoms with Gasteiger partial charge in [0.05, 0.1) is 4.90 Å². The number of amides is 1. The fourth-order valence-electron chi connectivity index (χ4n) is 2.98. The average molecular weight is 362 g/mol. The summed E-state index contributed by atoms with van der Waals surface area (Å²) < 4.78 is 35.9.